The Hall–Kier alpha value is -2.34. The molecule has 0 fully saturated rings. The Morgan fingerprint density at radius 1 is 0.950 bits per heavy atom. The third-order valence-corrected chi connectivity index (χ3v) is 3.49. The summed E-state index contributed by atoms with van der Waals surface area (Å²) in [5.41, 5.74) is 1.72. The van der Waals surface area contributed by atoms with Gasteiger partial charge in [-0.25, -0.2) is 17.5 Å². The number of nitrogens with zero attached hydrogens (tertiary/aromatic N) is 1. The number of aromatic carboxylic acids is 1. The highest BCUT2D eigenvalue weighted by molar-refractivity contribution is 7.74. The minimum atomic E-state index is -2.89. The minimum Gasteiger partial charge on any atom is -0.478 e. The van der Waals surface area contributed by atoms with Crippen LogP contribution in [0.5, 0.6) is 0 Å². The zero-order valence-corrected chi connectivity index (χ0v) is 11.3. The fraction of sp³-hybridized carbons (Fsp3) is 0. The van der Waals surface area contributed by atoms with Gasteiger partial charge in [0, 0.05) is 0 Å². The molecule has 0 aromatic heterocycles. The summed E-state index contributed by atoms with van der Waals surface area (Å²) in [7, 11) is -2.89. The first-order chi connectivity index (χ1) is 9.49. The first kappa shape index (κ1) is 14.1. The lowest BCUT2D eigenvalue weighted by Gasteiger charge is -2.18. The van der Waals surface area contributed by atoms with Crippen molar-refractivity contribution in [3.8, 4) is 0 Å². The van der Waals surface area contributed by atoms with Crippen molar-refractivity contribution in [1.29, 1.82) is 0 Å². The van der Waals surface area contributed by atoms with Gasteiger partial charge in [0.1, 0.15) is 0 Å². The number of carbonyl (C=O) groups is 1. The van der Waals surface area contributed by atoms with Crippen LogP contribution in [-0.4, -0.2) is 19.5 Å². The second kappa shape index (κ2) is 5.75. The summed E-state index contributed by atoms with van der Waals surface area (Å²) in [5, 5.41) is 8.83. The fourth-order valence-electron chi connectivity index (χ4n) is 1.72. The predicted molar refractivity (Wildman–Crippen MR) is 76.8 cm³/mol. The molecule has 0 aliphatic carbocycles. The SMILES string of the molecule is [CH2]c1ccc(N(c2ccc(C(=O)O)cc2)[SH](=O)=O)cc1. The van der Waals surface area contributed by atoms with E-state index in [0.29, 0.717) is 11.4 Å². The van der Waals surface area contributed by atoms with Crippen molar-refractivity contribution in [2.45, 2.75) is 0 Å². The molecule has 2 aromatic rings. The lowest BCUT2D eigenvalue weighted by atomic mass is 10.2. The molecule has 0 spiro atoms. The molecule has 0 atom stereocenters. The highest BCUT2D eigenvalue weighted by Crippen LogP contribution is 2.26. The summed E-state index contributed by atoms with van der Waals surface area (Å²) in [6, 6.07) is 12.3. The molecule has 5 nitrogen and oxygen atoms in total. The van der Waals surface area contributed by atoms with E-state index in [1.807, 2.05) is 0 Å². The van der Waals surface area contributed by atoms with E-state index in [1.54, 1.807) is 24.3 Å². The Bertz CT molecular complexity index is 682. The van der Waals surface area contributed by atoms with Crippen LogP contribution in [0.3, 0.4) is 0 Å². The third kappa shape index (κ3) is 2.97. The highest BCUT2D eigenvalue weighted by atomic mass is 32.2. The van der Waals surface area contributed by atoms with Gasteiger partial charge < -0.3 is 5.11 Å². The molecule has 0 amide bonds. The molecule has 0 heterocycles. The molecule has 0 aliphatic rings. The van der Waals surface area contributed by atoms with Gasteiger partial charge in [-0.2, -0.15) is 0 Å². The van der Waals surface area contributed by atoms with Crippen LogP contribution >= 0.6 is 0 Å². The monoisotopic (exact) mass is 290 g/mol. The van der Waals surface area contributed by atoms with Gasteiger partial charge in [0.15, 0.2) is 0 Å². The molecule has 0 bridgehead atoms. The standard InChI is InChI=1S/C14H12NO4S/c1-10-2-6-12(7-3-10)15(20(18)19)13-8-4-11(5-9-13)14(16)17/h2-9,20H,1H2,(H,16,17). The van der Waals surface area contributed by atoms with E-state index >= 15 is 0 Å². The maximum absolute atomic E-state index is 11.4. The molecular formula is C14H12NO4S. The summed E-state index contributed by atoms with van der Waals surface area (Å²) in [5.74, 6) is -1.06. The van der Waals surface area contributed by atoms with Gasteiger partial charge in [0.2, 0.25) is 10.9 Å². The molecule has 103 valence electrons. The first-order valence-corrected chi connectivity index (χ1v) is 6.82. The number of thiol groups is 1. The van der Waals surface area contributed by atoms with Crippen LogP contribution in [0.2, 0.25) is 0 Å². The molecule has 0 aliphatic heterocycles. The average molecular weight is 290 g/mol. The number of rotatable bonds is 4. The normalized spacial score (nSPS) is 10.5. The van der Waals surface area contributed by atoms with Gasteiger partial charge in [-0.3, -0.25) is 0 Å². The summed E-state index contributed by atoms with van der Waals surface area (Å²) < 4.78 is 24.0. The van der Waals surface area contributed by atoms with Gasteiger partial charge >= 0.3 is 5.97 Å². The Balaban J connectivity index is 2.43. The Morgan fingerprint density at radius 3 is 1.80 bits per heavy atom. The maximum atomic E-state index is 11.4. The van der Waals surface area contributed by atoms with E-state index in [-0.39, 0.29) is 5.56 Å². The van der Waals surface area contributed by atoms with Crippen molar-refractivity contribution in [2.75, 3.05) is 4.31 Å². The number of benzene rings is 2. The summed E-state index contributed by atoms with van der Waals surface area (Å²) >= 11 is 0. The second-order valence-electron chi connectivity index (χ2n) is 4.07. The van der Waals surface area contributed by atoms with E-state index in [2.05, 4.69) is 6.92 Å². The fourth-order valence-corrected chi connectivity index (χ4v) is 2.36. The summed E-state index contributed by atoms with van der Waals surface area (Å²) in [6.07, 6.45) is 0. The van der Waals surface area contributed by atoms with Gasteiger partial charge in [0.25, 0.3) is 0 Å². The predicted octanol–water partition coefficient (Wildman–Crippen LogP) is 2.23. The largest absolute Gasteiger partial charge is 0.478 e. The van der Waals surface area contributed by atoms with Crippen molar-refractivity contribution >= 4 is 28.2 Å². The number of hydrogen-bond donors (Lipinski definition) is 2. The molecule has 0 saturated heterocycles. The molecule has 1 radical (unpaired) electrons. The maximum Gasteiger partial charge on any atom is 0.335 e. The van der Waals surface area contributed by atoms with Crippen LogP contribution in [0.4, 0.5) is 11.4 Å². The van der Waals surface area contributed by atoms with E-state index in [4.69, 9.17) is 5.11 Å². The van der Waals surface area contributed by atoms with E-state index in [9.17, 15) is 13.2 Å². The number of carboxylic acid groups (broad SMARTS) is 1. The van der Waals surface area contributed by atoms with Crippen LogP contribution < -0.4 is 4.31 Å². The summed E-state index contributed by atoms with van der Waals surface area (Å²) in [4.78, 5) is 10.8. The quantitative estimate of drug-likeness (QED) is 0.847. The first-order valence-electron chi connectivity index (χ1n) is 5.69. The molecule has 20 heavy (non-hydrogen) atoms. The third-order valence-electron chi connectivity index (χ3n) is 2.70. The number of hydrogen-bond acceptors (Lipinski definition) is 3. The van der Waals surface area contributed by atoms with Crippen molar-refractivity contribution < 1.29 is 18.3 Å². The molecule has 2 rings (SSSR count). The molecule has 2 aromatic carbocycles. The van der Waals surface area contributed by atoms with Gasteiger partial charge in [0.05, 0.1) is 16.9 Å². The van der Waals surface area contributed by atoms with Crippen LogP contribution in [0.25, 0.3) is 0 Å². The molecular weight excluding hydrogens is 278 g/mol. The van der Waals surface area contributed by atoms with Crippen molar-refractivity contribution in [1.82, 2.24) is 0 Å². The molecule has 0 saturated carbocycles. The van der Waals surface area contributed by atoms with Crippen molar-refractivity contribution in [3.05, 3.63) is 66.6 Å². The summed E-state index contributed by atoms with van der Waals surface area (Å²) in [6.45, 7) is 3.73. The van der Waals surface area contributed by atoms with Crippen LogP contribution in [-0.2, 0) is 10.9 Å². The molecule has 0 unspecified atom stereocenters. The lowest BCUT2D eigenvalue weighted by molar-refractivity contribution is 0.0697. The topological polar surface area (TPSA) is 74.7 Å². The second-order valence-corrected chi connectivity index (χ2v) is 4.94. The highest BCUT2D eigenvalue weighted by Gasteiger charge is 2.12. The van der Waals surface area contributed by atoms with Crippen LogP contribution in [0.1, 0.15) is 15.9 Å². The number of anilines is 2. The molecule has 1 N–H and O–H groups in total. The van der Waals surface area contributed by atoms with Crippen LogP contribution in [0.15, 0.2) is 48.5 Å². The Kier molecular flexibility index (Phi) is 4.05. The van der Waals surface area contributed by atoms with Crippen LogP contribution in [0, 0.1) is 6.92 Å². The smallest absolute Gasteiger partial charge is 0.335 e. The number of carboxylic acids is 1. The minimum absolute atomic E-state index is 0.0999. The zero-order valence-electron chi connectivity index (χ0n) is 10.4. The zero-order chi connectivity index (χ0) is 14.7. The van der Waals surface area contributed by atoms with E-state index in [0.717, 1.165) is 9.87 Å². The van der Waals surface area contributed by atoms with Crippen molar-refractivity contribution in [2.24, 2.45) is 0 Å². The van der Waals surface area contributed by atoms with Crippen molar-refractivity contribution in [3.63, 3.8) is 0 Å². The Morgan fingerprint density at radius 2 is 1.40 bits per heavy atom. The molecule has 6 heteroatoms. The Labute approximate surface area is 118 Å². The van der Waals surface area contributed by atoms with Gasteiger partial charge in [-0.05, 0) is 48.9 Å². The average Bonchev–Trinajstić information content (AvgIpc) is 2.41. The van der Waals surface area contributed by atoms with Gasteiger partial charge in [-0.1, -0.05) is 12.1 Å². The van der Waals surface area contributed by atoms with E-state index < -0.39 is 16.9 Å². The van der Waals surface area contributed by atoms with Gasteiger partial charge in [-0.15, -0.1) is 0 Å². The van der Waals surface area contributed by atoms with E-state index in [1.165, 1.54) is 24.3 Å². The lowest BCUT2D eigenvalue weighted by Crippen LogP contribution is -2.14.